The Morgan fingerprint density at radius 2 is 0.750 bits per heavy atom. The van der Waals surface area contributed by atoms with Crippen molar-refractivity contribution in [1.29, 1.82) is 0 Å². The Labute approximate surface area is 245 Å². The summed E-state index contributed by atoms with van der Waals surface area (Å²) >= 11 is 0. The van der Waals surface area contributed by atoms with Gasteiger partial charge in [0.25, 0.3) is 0 Å². The quantitative estimate of drug-likeness (QED) is 0.0438. The molecular weight excluding hydrogens is 506 g/mol. The van der Waals surface area contributed by atoms with Gasteiger partial charge in [-0.15, -0.1) is 0 Å². The van der Waals surface area contributed by atoms with Gasteiger partial charge in [0.05, 0.1) is 45.4 Å². The summed E-state index contributed by atoms with van der Waals surface area (Å²) in [6.07, 6.45) is 29.9. The molecule has 0 heterocycles. The minimum Gasteiger partial charge on any atom is -0.481 e. The van der Waals surface area contributed by atoms with Crippen molar-refractivity contribution in [1.82, 2.24) is 0 Å². The van der Waals surface area contributed by atoms with Gasteiger partial charge in [0.1, 0.15) is 0 Å². The van der Waals surface area contributed by atoms with Crippen LogP contribution in [0.3, 0.4) is 0 Å². The van der Waals surface area contributed by atoms with E-state index >= 15 is 0 Å². The van der Waals surface area contributed by atoms with Gasteiger partial charge in [-0.2, -0.15) is 0 Å². The first-order valence-electron chi connectivity index (χ1n) is 16.5. The summed E-state index contributed by atoms with van der Waals surface area (Å²) in [6.45, 7) is 3.76. The maximum atomic E-state index is 11.1. The Bertz CT molecular complexity index is 618. The van der Waals surface area contributed by atoms with E-state index < -0.39 is 17.9 Å². The molecule has 0 saturated heterocycles. The van der Waals surface area contributed by atoms with Crippen molar-refractivity contribution in [3.05, 3.63) is 12.2 Å². The second-order valence-electron chi connectivity index (χ2n) is 11.7. The monoisotopic (exact) mass is 568 g/mol. The molecule has 0 radical (unpaired) electrons. The van der Waals surface area contributed by atoms with Gasteiger partial charge in [0.15, 0.2) is 0 Å². The molecule has 0 fully saturated rings. The van der Waals surface area contributed by atoms with E-state index in [1.54, 1.807) is 0 Å². The van der Waals surface area contributed by atoms with Gasteiger partial charge in [-0.1, -0.05) is 109 Å². The van der Waals surface area contributed by atoms with Gasteiger partial charge >= 0.3 is 17.9 Å². The molecule has 7 nitrogen and oxygen atoms in total. The van der Waals surface area contributed by atoms with Crippen molar-refractivity contribution in [2.24, 2.45) is 0 Å². The van der Waals surface area contributed by atoms with Gasteiger partial charge in [-0.3, -0.25) is 14.4 Å². The van der Waals surface area contributed by atoms with Crippen LogP contribution in [0.5, 0.6) is 0 Å². The van der Waals surface area contributed by atoms with Crippen LogP contribution in [0.25, 0.3) is 0 Å². The first-order chi connectivity index (χ1) is 19.3. The summed E-state index contributed by atoms with van der Waals surface area (Å²) in [5, 5.41) is 27.4. The predicted octanol–water partition coefficient (Wildman–Crippen LogP) is 8.61. The van der Waals surface area contributed by atoms with Crippen LogP contribution in [0, 0.1) is 0 Å². The maximum Gasteiger partial charge on any atom is 0.309 e. The third-order valence-electron chi connectivity index (χ3n) is 8.04. The van der Waals surface area contributed by atoms with Gasteiger partial charge in [0.2, 0.25) is 0 Å². The molecule has 7 heteroatoms. The largest absolute Gasteiger partial charge is 0.481 e. The summed E-state index contributed by atoms with van der Waals surface area (Å²) < 4.78 is 0.264. The van der Waals surface area contributed by atoms with E-state index in [1.807, 2.05) is 0 Å². The number of aliphatic carboxylic acids is 3. The van der Waals surface area contributed by atoms with E-state index in [0.29, 0.717) is 6.54 Å². The average molecular weight is 569 g/mol. The maximum absolute atomic E-state index is 11.1. The smallest absolute Gasteiger partial charge is 0.309 e. The summed E-state index contributed by atoms with van der Waals surface area (Å²) in [4.78, 5) is 33.4. The highest BCUT2D eigenvalue weighted by Gasteiger charge is 2.29. The SMILES string of the molecule is CCCCCCCCC/C=C/CCCCCCCCCCCCC[N+](CCC(=O)O)(CCC(=O)O)CCC(=O)O. The van der Waals surface area contributed by atoms with Crippen LogP contribution in [0.4, 0.5) is 0 Å². The number of rotatable bonds is 31. The zero-order valence-corrected chi connectivity index (χ0v) is 25.8. The highest BCUT2D eigenvalue weighted by atomic mass is 16.4. The van der Waals surface area contributed by atoms with Crippen LogP contribution in [-0.2, 0) is 14.4 Å². The minimum atomic E-state index is -0.931. The van der Waals surface area contributed by atoms with Crippen molar-refractivity contribution in [2.45, 2.75) is 155 Å². The van der Waals surface area contributed by atoms with Crippen LogP contribution in [-0.4, -0.2) is 63.9 Å². The molecule has 0 atom stereocenters. The molecule has 0 unspecified atom stereocenters. The van der Waals surface area contributed by atoms with Gasteiger partial charge in [0, 0.05) is 0 Å². The summed E-state index contributed by atoms with van der Waals surface area (Å²) in [5.74, 6) is -2.79. The molecule has 0 spiro atoms. The van der Waals surface area contributed by atoms with E-state index in [-0.39, 0.29) is 43.4 Å². The lowest BCUT2D eigenvalue weighted by Crippen LogP contribution is -2.52. The Balaban J connectivity index is 3.83. The number of nitrogens with zero attached hydrogens (tertiary/aromatic N) is 1. The van der Waals surface area contributed by atoms with Crippen molar-refractivity contribution < 1.29 is 34.2 Å². The number of hydrogen-bond donors (Lipinski definition) is 3. The predicted molar refractivity (Wildman–Crippen MR) is 164 cm³/mol. The first-order valence-corrected chi connectivity index (χ1v) is 16.5. The fourth-order valence-corrected chi connectivity index (χ4v) is 5.42. The van der Waals surface area contributed by atoms with Crippen LogP contribution >= 0.6 is 0 Å². The second kappa shape index (κ2) is 27.3. The van der Waals surface area contributed by atoms with E-state index in [4.69, 9.17) is 15.3 Å². The van der Waals surface area contributed by atoms with Gasteiger partial charge in [-0.05, 0) is 38.5 Å². The van der Waals surface area contributed by atoms with Gasteiger partial charge in [-0.25, -0.2) is 0 Å². The van der Waals surface area contributed by atoms with Crippen molar-refractivity contribution in [2.75, 3.05) is 26.2 Å². The Morgan fingerprint density at radius 1 is 0.450 bits per heavy atom. The Hall–Kier alpha value is -1.89. The fraction of sp³-hybridized carbons (Fsp3) is 0.848. The van der Waals surface area contributed by atoms with Crippen molar-refractivity contribution in [3.63, 3.8) is 0 Å². The van der Waals surface area contributed by atoms with E-state index in [9.17, 15) is 14.4 Å². The Kier molecular flexibility index (Phi) is 26.0. The molecule has 3 N–H and O–H groups in total. The highest BCUT2D eigenvalue weighted by Crippen LogP contribution is 2.17. The molecule has 0 saturated carbocycles. The lowest BCUT2D eigenvalue weighted by Gasteiger charge is -2.38. The lowest BCUT2D eigenvalue weighted by molar-refractivity contribution is -0.927. The summed E-state index contributed by atoms with van der Waals surface area (Å²) in [6, 6.07) is 0. The lowest BCUT2D eigenvalue weighted by atomic mass is 10.0. The molecular formula is C33H62NO6+. The average Bonchev–Trinajstić information content (AvgIpc) is 2.92. The molecule has 40 heavy (non-hydrogen) atoms. The molecule has 0 bridgehead atoms. The standard InChI is InChI=1S/C33H61NO6/c1-2-3-4-5-6-7-8-9-10-11-12-13-14-15-16-17-18-19-20-21-22-23-27-34(28-24-31(35)36,29-25-32(37)38)30-26-33(39)40/h10-11H,2-9,12-30H2,1H3,(H2-,35,36,37,38,39,40)/p+1/b11-10+. The number of carboxylic acid groups (broad SMARTS) is 3. The Morgan fingerprint density at radius 3 is 1.07 bits per heavy atom. The third kappa shape index (κ3) is 26.3. The first kappa shape index (κ1) is 38.1. The number of hydrogen-bond acceptors (Lipinski definition) is 3. The van der Waals surface area contributed by atoms with Crippen molar-refractivity contribution >= 4 is 17.9 Å². The molecule has 0 aliphatic carbocycles. The van der Waals surface area contributed by atoms with Crippen LogP contribution in [0.1, 0.15) is 155 Å². The molecule has 0 rings (SSSR count). The van der Waals surface area contributed by atoms with Gasteiger partial charge < -0.3 is 19.8 Å². The third-order valence-corrected chi connectivity index (χ3v) is 8.04. The molecule has 0 aromatic rings. The molecule has 0 aromatic heterocycles. The van der Waals surface area contributed by atoms with E-state index in [1.165, 1.54) is 109 Å². The van der Waals surface area contributed by atoms with Crippen molar-refractivity contribution in [3.8, 4) is 0 Å². The number of quaternary nitrogens is 1. The second-order valence-corrected chi connectivity index (χ2v) is 11.7. The number of allylic oxidation sites excluding steroid dienone is 2. The van der Waals surface area contributed by atoms with E-state index in [2.05, 4.69) is 19.1 Å². The molecule has 0 aromatic carbocycles. The molecule has 0 aliphatic rings. The normalized spacial score (nSPS) is 11.8. The summed E-state index contributed by atoms with van der Waals surface area (Å²) in [5.41, 5.74) is 0. The zero-order valence-electron chi connectivity index (χ0n) is 25.8. The number of carbonyl (C=O) groups is 3. The molecule has 0 amide bonds. The number of unbranched alkanes of at least 4 members (excludes halogenated alkanes) is 18. The highest BCUT2D eigenvalue weighted by molar-refractivity contribution is 5.67. The van der Waals surface area contributed by atoms with Crippen LogP contribution in [0.15, 0.2) is 12.2 Å². The fourth-order valence-electron chi connectivity index (χ4n) is 5.42. The minimum absolute atomic E-state index is 0.0742. The van der Waals surface area contributed by atoms with E-state index in [0.717, 1.165) is 19.3 Å². The van der Waals surface area contributed by atoms with Crippen LogP contribution < -0.4 is 0 Å². The molecule has 234 valence electrons. The summed E-state index contributed by atoms with van der Waals surface area (Å²) in [7, 11) is 0. The van der Waals surface area contributed by atoms with Crippen LogP contribution in [0.2, 0.25) is 0 Å². The molecule has 0 aliphatic heterocycles. The topological polar surface area (TPSA) is 112 Å². The number of carboxylic acids is 3. The zero-order chi connectivity index (χ0) is 29.7.